The van der Waals surface area contributed by atoms with Crippen LogP contribution < -0.4 is 0 Å². The first-order chi connectivity index (χ1) is 9.28. The Morgan fingerprint density at radius 3 is 1.32 bits per heavy atom. The summed E-state index contributed by atoms with van der Waals surface area (Å²) in [4.78, 5) is 3.38. The van der Waals surface area contributed by atoms with E-state index >= 15 is 0 Å². The Morgan fingerprint density at radius 2 is 0.947 bits per heavy atom. The maximum atomic E-state index is 7.12. The zero-order valence-electron chi connectivity index (χ0n) is 10.3. The molecule has 0 atom stereocenters. The minimum atomic E-state index is -0.750. The van der Waals surface area contributed by atoms with E-state index in [1.165, 1.54) is 21.8 Å². The Hall–Kier alpha value is -1.79. The van der Waals surface area contributed by atoms with E-state index in [1.54, 1.807) is 0 Å². The molecule has 0 aliphatic carbocycles. The van der Waals surface area contributed by atoms with Crippen LogP contribution in [0.5, 0.6) is 0 Å². The van der Waals surface area contributed by atoms with Crippen LogP contribution in [0.2, 0.25) is 0 Å². The van der Waals surface area contributed by atoms with Gasteiger partial charge >= 0.3 is 15.4 Å². The van der Waals surface area contributed by atoms with E-state index in [1.807, 2.05) is 0 Å². The minimum absolute atomic E-state index is 0.750. The topological polar surface area (TPSA) is 96.7 Å². The van der Waals surface area contributed by atoms with Gasteiger partial charge in [-0.1, -0.05) is 36.4 Å². The predicted octanol–water partition coefficient (Wildman–Crippen LogP) is -0.204. The van der Waals surface area contributed by atoms with E-state index in [-0.39, 0.29) is 0 Å². The molecule has 0 saturated carbocycles. The molecule has 0 bridgehead atoms. The van der Waals surface area contributed by atoms with Gasteiger partial charge in [0.05, 0.1) is 0 Å². The number of hydrogen-bond donors (Lipinski definition) is 5. The van der Waals surface area contributed by atoms with Gasteiger partial charge in [0, 0.05) is 21.8 Å². The molecule has 0 spiro atoms. The minimum Gasteiger partial charge on any atom is -0.430 e. The Bertz CT molecular complexity index is 562. The van der Waals surface area contributed by atoms with Gasteiger partial charge in [0.15, 0.2) is 0 Å². The lowest BCUT2D eigenvalue weighted by Gasteiger charge is -1.87. The zero-order valence-corrected chi connectivity index (χ0v) is 10.3. The summed E-state index contributed by atoms with van der Waals surface area (Å²) in [6.07, 6.45) is 0. The van der Waals surface area contributed by atoms with E-state index in [2.05, 4.69) is 53.5 Å². The van der Waals surface area contributed by atoms with Crippen molar-refractivity contribution in [2.75, 3.05) is 0 Å². The molecule has 5 nitrogen and oxygen atoms in total. The van der Waals surface area contributed by atoms with Crippen LogP contribution in [0.1, 0.15) is 0 Å². The van der Waals surface area contributed by atoms with Crippen molar-refractivity contribution in [3.63, 3.8) is 0 Å². The van der Waals surface area contributed by atoms with Crippen molar-refractivity contribution in [2.45, 2.75) is 0 Å². The molecule has 0 aliphatic rings. The number of aromatic amines is 1. The molecule has 0 saturated heterocycles. The Kier molecular flexibility index (Phi) is 6.70. The predicted molar refractivity (Wildman–Crippen MR) is 79.0 cm³/mol. The summed E-state index contributed by atoms with van der Waals surface area (Å²) < 4.78 is 0. The van der Waals surface area contributed by atoms with Crippen molar-refractivity contribution in [2.24, 2.45) is 0 Å². The lowest BCUT2D eigenvalue weighted by Crippen LogP contribution is -1.75. The number of fused-ring (bicyclic) bond motifs is 3. The first-order valence-corrected chi connectivity index (χ1v) is 5.67. The third kappa shape index (κ3) is 4.11. The van der Waals surface area contributed by atoms with Crippen LogP contribution in [0.15, 0.2) is 48.5 Å². The summed E-state index contributed by atoms with van der Waals surface area (Å²) in [5, 5.41) is 31.1. The van der Waals surface area contributed by atoms with Gasteiger partial charge in [-0.2, -0.15) is 0 Å². The van der Waals surface area contributed by atoms with Crippen LogP contribution in [0.3, 0.4) is 0 Å². The molecule has 0 amide bonds. The SMILES string of the molecule is OBO.OBO.c1ccc2c(c1)[nH]c1ccccc12. The van der Waals surface area contributed by atoms with E-state index in [4.69, 9.17) is 20.1 Å². The summed E-state index contributed by atoms with van der Waals surface area (Å²) in [6.45, 7) is 0. The molecule has 3 rings (SSSR count). The molecule has 2 aromatic carbocycles. The summed E-state index contributed by atoms with van der Waals surface area (Å²) in [5.74, 6) is 0. The molecule has 0 aliphatic heterocycles. The van der Waals surface area contributed by atoms with E-state index in [0.29, 0.717) is 0 Å². The van der Waals surface area contributed by atoms with Gasteiger partial charge in [-0.3, -0.25) is 0 Å². The third-order valence-corrected chi connectivity index (χ3v) is 2.41. The van der Waals surface area contributed by atoms with Crippen molar-refractivity contribution >= 4 is 37.2 Å². The maximum absolute atomic E-state index is 7.12. The summed E-state index contributed by atoms with van der Waals surface area (Å²) >= 11 is 0. The third-order valence-electron chi connectivity index (χ3n) is 2.41. The first kappa shape index (κ1) is 15.3. The van der Waals surface area contributed by atoms with Crippen LogP contribution in [-0.4, -0.2) is 40.5 Å². The smallest absolute Gasteiger partial charge is 0.430 e. The Morgan fingerprint density at radius 1 is 0.632 bits per heavy atom. The number of H-pyrrole nitrogens is 1. The second kappa shape index (κ2) is 8.34. The second-order valence-corrected chi connectivity index (χ2v) is 3.50. The van der Waals surface area contributed by atoms with Crippen molar-refractivity contribution in [1.29, 1.82) is 0 Å². The van der Waals surface area contributed by atoms with Crippen LogP contribution in [-0.2, 0) is 0 Å². The molecule has 0 fully saturated rings. The van der Waals surface area contributed by atoms with Crippen LogP contribution >= 0.6 is 0 Å². The number of aromatic nitrogens is 1. The molecule has 5 N–H and O–H groups in total. The molecule has 19 heavy (non-hydrogen) atoms. The zero-order chi connectivity index (χ0) is 14.1. The van der Waals surface area contributed by atoms with Crippen molar-refractivity contribution in [3.8, 4) is 0 Å². The van der Waals surface area contributed by atoms with E-state index in [0.717, 1.165) is 0 Å². The fourth-order valence-electron chi connectivity index (χ4n) is 1.80. The van der Waals surface area contributed by atoms with Crippen molar-refractivity contribution in [3.05, 3.63) is 48.5 Å². The molecule has 0 unspecified atom stereocenters. The molecular formula is C12H15B2NO4. The van der Waals surface area contributed by atoms with Gasteiger partial charge in [-0.05, 0) is 12.1 Å². The van der Waals surface area contributed by atoms with Gasteiger partial charge < -0.3 is 25.1 Å². The molecular weight excluding hydrogens is 244 g/mol. The fraction of sp³-hybridized carbons (Fsp3) is 0. The molecule has 3 aromatic rings. The second-order valence-electron chi connectivity index (χ2n) is 3.50. The molecule has 1 aromatic heterocycles. The average Bonchev–Trinajstić information content (AvgIpc) is 2.79. The number of benzene rings is 2. The van der Waals surface area contributed by atoms with Gasteiger partial charge in [0.25, 0.3) is 0 Å². The lowest BCUT2D eigenvalue weighted by atomic mass is 10.2. The number of rotatable bonds is 0. The van der Waals surface area contributed by atoms with E-state index < -0.39 is 15.4 Å². The normalized spacial score (nSPS) is 9.05. The summed E-state index contributed by atoms with van der Waals surface area (Å²) in [7, 11) is -1.50. The highest BCUT2D eigenvalue weighted by molar-refractivity contribution is 6.13. The Balaban J connectivity index is 0.000000261. The van der Waals surface area contributed by atoms with Gasteiger partial charge in [0.1, 0.15) is 0 Å². The monoisotopic (exact) mass is 259 g/mol. The van der Waals surface area contributed by atoms with Gasteiger partial charge in [-0.15, -0.1) is 0 Å². The van der Waals surface area contributed by atoms with Gasteiger partial charge in [0.2, 0.25) is 0 Å². The van der Waals surface area contributed by atoms with Crippen LogP contribution in [0.25, 0.3) is 21.8 Å². The first-order valence-electron chi connectivity index (χ1n) is 5.67. The van der Waals surface area contributed by atoms with E-state index in [9.17, 15) is 0 Å². The molecule has 7 heteroatoms. The molecule has 1 heterocycles. The van der Waals surface area contributed by atoms with Crippen molar-refractivity contribution in [1.82, 2.24) is 4.98 Å². The fourth-order valence-corrected chi connectivity index (χ4v) is 1.80. The van der Waals surface area contributed by atoms with Crippen LogP contribution in [0.4, 0.5) is 0 Å². The number of hydrogen-bond acceptors (Lipinski definition) is 4. The summed E-state index contributed by atoms with van der Waals surface area (Å²) in [5.41, 5.74) is 2.42. The lowest BCUT2D eigenvalue weighted by molar-refractivity contribution is 0.447. The Labute approximate surface area is 111 Å². The molecule has 0 radical (unpaired) electrons. The highest BCUT2D eigenvalue weighted by atomic mass is 16.4. The largest absolute Gasteiger partial charge is 0.432 e. The summed E-state index contributed by atoms with van der Waals surface area (Å²) in [6, 6.07) is 16.8. The van der Waals surface area contributed by atoms with Gasteiger partial charge in [-0.25, -0.2) is 0 Å². The van der Waals surface area contributed by atoms with Crippen molar-refractivity contribution < 1.29 is 20.1 Å². The quantitative estimate of drug-likeness (QED) is 0.361. The highest BCUT2D eigenvalue weighted by Crippen LogP contribution is 2.24. The average molecular weight is 259 g/mol. The van der Waals surface area contributed by atoms with Crippen LogP contribution in [0, 0.1) is 0 Å². The number of para-hydroxylation sites is 2. The highest BCUT2D eigenvalue weighted by Gasteiger charge is 2.00. The number of nitrogens with one attached hydrogen (secondary N) is 1. The maximum Gasteiger partial charge on any atom is 0.432 e. The molecule has 98 valence electrons. The standard InChI is InChI=1S/C12H9N.2BH3O2/c1-3-7-11-9(5-1)10-6-2-4-8-12(10)13-11;2*2-1-3/h1-8,13H;2*1-3H.